The Bertz CT molecular complexity index is 1150. The Morgan fingerprint density at radius 3 is 2.82 bits per heavy atom. The first-order chi connectivity index (χ1) is 18.1. The first kappa shape index (κ1) is 28.8. The lowest BCUT2D eigenvalue weighted by molar-refractivity contribution is -0.126. The zero-order valence-electron chi connectivity index (χ0n) is 23.0. The molecule has 0 unspecified atom stereocenters. The van der Waals surface area contributed by atoms with Crippen molar-refractivity contribution in [3.63, 3.8) is 0 Å². The van der Waals surface area contributed by atoms with Gasteiger partial charge in [0.25, 0.3) is 0 Å². The van der Waals surface area contributed by atoms with E-state index in [4.69, 9.17) is 9.26 Å². The maximum absolute atomic E-state index is 12.6. The number of hydrogen-bond acceptors (Lipinski definition) is 9. The van der Waals surface area contributed by atoms with Crippen molar-refractivity contribution < 1.29 is 18.8 Å². The summed E-state index contributed by atoms with van der Waals surface area (Å²) in [5, 5.41) is 13.1. The Hall–Kier alpha value is -3.81. The first-order valence-corrected chi connectivity index (χ1v) is 13.2. The van der Waals surface area contributed by atoms with E-state index in [1.165, 1.54) is 0 Å². The molecule has 0 radical (unpaired) electrons. The number of rotatable bonds is 9. The molecule has 3 rings (SSSR count). The van der Waals surface area contributed by atoms with E-state index in [0.717, 1.165) is 31.5 Å². The average molecular weight is 526 g/mol. The molecular formula is C27H39N7O4. The van der Waals surface area contributed by atoms with E-state index in [0.29, 0.717) is 55.7 Å². The van der Waals surface area contributed by atoms with E-state index >= 15 is 0 Å². The Balaban J connectivity index is 1.47. The second-order valence-corrected chi connectivity index (χ2v) is 10.3. The van der Waals surface area contributed by atoms with Gasteiger partial charge in [0.1, 0.15) is 11.4 Å². The minimum Gasteiger partial charge on any atom is -0.444 e. The number of carbonyl (C=O) groups is 2. The summed E-state index contributed by atoms with van der Waals surface area (Å²) in [6.45, 7) is 11.7. The highest BCUT2D eigenvalue weighted by atomic mass is 16.6. The minimum absolute atomic E-state index is 0.0318. The van der Waals surface area contributed by atoms with Gasteiger partial charge in [-0.2, -0.15) is 4.98 Å². The summed E-state index contributed by atoms with van der Waals surface area (Å²) >= 11 is 0. The van der Waals surface area contributed by atoms with Crippen molar-refractivity contribution >= 4 is 29.7 Å². The molecule has 11 heteroatoms. The standard InChI is InChI=1S/C27H39N7O4/c1-6-13-28-23-20(17-30-25(32-23)31-22-16-19(2)33-38-22)11-8-7-9-14-29-24(35)21-12-10-15-34(18-21)26(36)37-27(3,4)5/h16-17,21H,6-7,9-10,12-15,18H2,1-5H3,(H,29,35)(H2,28,30,31,32)/t21-/m0/s1. The number of hydrogen-bond donors (Lipinski definition) is 3. The van der Waals surface area contributed by atoms with Crippen molar-refractivity contribution in [3.8, 4) is 11.8 Å². The van der Waals surface area contributed by atoms with E-state index in [-0.39, 0.29) is 17.9 Å². The van der Waals surface area contributed by atoms with Gasteiger partial charge in [0.2, 0.25) is 17.7 Å². The second-order valence-electron chi connectivity index (χ2n) is 10.3. The molecule has 1 saturated heterocycles. The number of nitrogens with zero attached hydrogens (tertiary/aromatic N) is 4. The van der Waals surface area contributed by atoms with Gasteiger partial charge >= 0.3 is 6.09 Å². The maximum Gasteiger partial charge on any atom is 0.410 e. The third-order valence-corrected chi connectivity index (χ3v) is 5.64. The summed E-state index contributed by atoms with van der Waals surface area (Å²) in [4.78, 5) is 35.5. The van der Waals surface area contributed by atoms with Crippen molar-refractivity contribution in [1.29, 1.82) is 0 Å². The summed E-state index contributed by atoms with van der Waals surface area (Å²) in [6.07, 6.45) is 5.12. The molecule has 2 aromatic heterocycles. The number of aryl methyl sites for hydroxylation is 1. The van der Waals surface area contributed by atoms with Gasteiger partial charge in [0, 0.05) is 38.7 Å². The van der Waals surface area contributed by atoms with Crippen LogP contribution < -0.4 is 16.0 Å². The number of anilines is 3. The fraction of sp³-hybridized carbons (Fsp3) is 0.593. The number of aromatic nitrogens is 3. The number of carbonyl (C=O) groups excluding carboxylic acids is 2. The van der Waals surface area contributed by atoms with Gasteiger partial charge in [-0.15, -0.1) is 0 Å². The molecule has 3 N–H and O–H groups in total. The molecule has 1 aliphatic heterocycles. The van der Waals surface area contributed by atoms with Crippen molar-refractivity contribution in [3.05, 3.63) is 23.5 Å². The monoisotopic (exact) mass is 525 g/mol. The molecule has 1 fully saturated rings. The van der Waals surface area contributed by atoms with Crippen molar-refractivity contribution in [2.24, 2.45) is 5.92 Å². The van der Waals surface area contributed by atoms with E-state index in [2.05, 4.69) is 49.8 Å². The molecule has 2 amide bonds. The number of ether oxygens (including phenoxy) is 1. The second kappa shape index (κ2) is 13.7. The van der Waals surface area contributed by atoms with Crippen LogP contribution in [-0.2, 0) is 9.53 Å². The fourth-order valence-electron chi connectivity index (χ4n) is 3.82. The molecule has 0 bridgehead atoms. The molecular weight excluding hydrogens is 486 g/mol. The Labute approximate surface area is 224 Å². The molecule has 0 spiro atoms. The molecule has 0 aliphatic carbocycles. The zero-order chi connectivity index (χ0) is 27.5. The van der Waals surface area contributed by atoms with Gasteiger partial charge in [0.05, 0.1) is 23.4 Å². The van der Waals surface area contributed by atoms with Crippen LogP contribution in [0.1, 0.15) is 71.1 Å². The fourth-order valence-corrected chi connectivity index (χ4v) is 3.82. The summed E-state index contributed by atoms with van der Waals surface area (Å²) in [5.74, 6) is 7.53. The third-order valence-electron chi connectivity index (χ3n) is 5.64. The molecule has 0 saturated carbocycles. The first-order valence-electron chi connectivity index (χ1n) is 13.2. The molecule has 0 aromatic carbocycles. The lowest BCUT2D eigenvalue weighted by Crippen LogP contribution is -2.47. The lowest BCUT2D eigenvalue weighted by atomic mass is 9.97. The maximum atomic E-state index is 12.6. The predicted octanol–water partition coefficient (Wildman–Crippen LogP) is 4.23. The van der Waals surface area contributed by atoms with Crippen LogP contribution in [0.25, 0.3) is 0 Å². The normalized spacial score (nSPS) is 15.3. The number of unbranched alkanes of at least 4 members (excludes halogenated alkanes) is 1. The Morgan fingerprint density at radius 2 is 2.11 bits per heavy atom. The van der Waals surface area contributed by atoms with Crippen LogP contribution in [0.2, 0.25) is 0 Å². The number of amides is 2. The highest BCUT2D eigenvalue weighted by Crippen LogP contribution is 2.20. The third kappa shape index (κ3) is 9.25. The van der Waals surface area contributed by atoms with E-state index in [1.54, 1.807) is 17.2 Å². The highest BCUT2D eigenvalue weighted by Gasteiger charge is 2.30. The van der Waals surface area contributed by atoms with Crippen molar-refractivity contribution in [2.75, 3.05) is 36.8 Å². The Morgan fingerprint density at radius 1 is 1.29 bits per heavy atom. The van der Waals surface area contributed by atoms with Gasteiger partial charge in [-0.25, -0.2) is 9.78 Å². The predicted molar refractivity (Wildman–Crippen MR) is 145 cm³/mol. The van der Waals surface area contributed by atoms with E-state index < -0.39 is 5.60 Å². The molecule has 2 aromatic rings. The zero-order valence-corrected chi connectivity index (χ0v) is 23.0. The topological polar surface area (TPSA) is 135 Å². The summed E-state index contributed by atoms with van der Waals surface area (Å²) in [5.41, 5.74) is 0.908. The van der Waals surface area contributed by atoms with Crippen LogP contribution in [0.4, 0.5) is 22.4 Å². The molecule has 1 aliphatic rings. The number of likely N-dealkylation sites (tertiary alicyclic amines) is 1. The van der Waals surface area contributed by atoms with Crippen LogP contribution >= 0.6 is 0 Å². The van der Waals surface area contributed by atoms with Crippen molar-refractivity contribution in [1.82, 2.24) is 25.3 Å². The van der Waals surface area contributed by atoms with Crippen LogP contribution in [-0.4, -0.2) is 63.8 Å². The minimum atomic E-state index is -0.554. The lowest BCUT2D eigenvalue weighted by Gasteiger charge is -2.33. The summed E-state index contributed by atoms with van der Waals surface area (Å²) in [7, 11) is 0. The molecule has 3 heterocycles. The van der Waals surface area contributed by atoms with Crippen LogP contribution in [0.5, 0.6) is 0 Å². The largest absolute Gasteiger partial charge is 0.444 e. The molecule has 1 atom stereocenters. The van der Waals surface area contributed by atoms with E-state index in [9.17, 15) is 9.59 Å². The Kier molecular flexibility index (Phi) is 10.3. The quantitative estimate of drug-likeness (QED) is 0.325. The smallest absolute Gasteiger partial charge is 0.410 e. The summed E-state index contributed by atoms with van der Waals surface area (Å²) < 4.78 is 10.6. The SMILES string of the molecule is CCCNc1nc(Nc2cc(C)no2)ncc1C#CCCCNC(=O)[C@H]1CCCN(C(=O)OC(C)(C)C)C1. The van der Waals surface area contributed by atoms with Gasteiger partial charge in [-0.3, -0.25) is 10.1 Å². The van der Waals surface area contributed by atoms with E-state index in [1.807, 2.05) is 27.7 Å². The van der Waals surface area contributed by atoms with Crippen LogP contribution in [0, 0.1) is 24.7 Å². The summed E-state index contributed by atoms with van der Waals surface area (Å²) in [6, 6.07) is 1.76. The molecule has 38 heavy (non-hydrogen) atoms. The number of piperidine rings is 1. The number of nitrogens with one attached hydrogen (secondary N) is 3. The van der Waals surface area contributed by atoms with Gasteiger partial charge in [-0.1, -0.05) is 23.9 Å². The molecule has 206 valence electrons. The van der Waals surface area contributed by atoms with Gasteiger partial charge in [0.15, 0.2) is 0 Å². The van der Waals surface area contributed by atoms with Crippen molar-refractivity contribution in [2.45, 2.75) is 72.3 Å². The van der Waals surface area contributed by atoms with Gasteiger partial charge in [-0.05, 0) is 53.4 Å². The van der Waals surface area contributed by atoms with Gasteiger partial charge < -0.3 is 24.8 Å². The average Bonchev–Trinajstić information content (AvgIpc) is 3.28. The molecule has 11 nitrogen and oxygen atoms in total. The highest BCUT2D eigenvalue weighted by molar-refractivity contribution is 5.80. The van der Waals surface area contributed by atoms with Crippen LogP contribution in [0.15, 0.2) is 16.8 Å². The van der Waals surface area contributed by atoms with Crippen LogP contribution in [0.3, 0.4) is 0 Å².